The highest BCUT2D eigenvalue weighted by Crippen LogP contribution is 2.05. The number of carbonyl (C=O) groups is 3. The van der Waals surface area contributed by atoms with E-state index >= 15 is 0 Å². The largest absolute Gasteiger partial charge is 0.481 e. The lowest BCUT2D eigenvalue weighted by Crippen LogP contribution is -2.46. The molecule has 0 fully saturated rings. The summed E-state index contributed by atoms with van der Waals surface area (Å²) in [6.45, 7) is 4.77. The third-order valence-corrected chi connectivity index (χ3v) is 2.98. The fourth-order valence-corrected chi connectivity index (χ4v) is 1.80. The molecular weight excluding hydrogens is 276 g/mol. The van der Waals surface area contributed by atoms with E-state index < -0.39 is 24.0 Å². The maximum absolute atomic E-state index is 11.6. The van der Waals surface area contributed by atoms with Gasteiger partial charge in [0.05, 0.1) is 0 Å². The zero-order valence-electron chi connectivity index (χ0n) is 12.7. The van der Waals surface area contributed by atoms with Crippen LogP contribution < -0.4 is 10.6 Å². The van der Waals surface area contributed by atoms with Crippen molar-refractivity contribution in [3.8, 4) is 0 Å². The van der Waals surface area contributed by atoms with Crippen molar-refractivity contribution < 1.29 is 24.6 Å². The minimum absolute atomic E-state index is 0.0996. The van der Waals surface area contributed by atoms with Gasteiger partial charge in [0, 0.05) is 13.0 Å². The van der Waals surface area contributed by atoms with Crippen molar-refractivity contribution in [2.45, 2.75) is 58.4 Å². The van der Waals surface area contributed by atoms with Gasteiger partial charge in [-0.1, -0.05) is 26.7 Å². The van der Waals surface area contributed by atoms with E-state index in [1.54, 1.807) is 0 Å². The quantitative estimate of drug-likeness (QED) is 0.434. The number of nitrogens with one attached hydrogen (secondary N) is 2. The number of hydrogen-bond donors (Lipinski definition) is 4. The van der Waals surface area contributed by atoms with Crippen LogP contribution in [0.4, 0.5) is 4.79 Å². The fraction of sp³-hybridized carbons (Fsp3) is 0.786. The number of urea groups is 1. The van der Waals surface area contributed by atoms with Gasteiger partial charge in [0.2, 0.25) is 0 Å². The summed E-state index contributed by atoms with van der Waals surface area (Å²) in [4.78, 5) is 32.9. The first-order valence-electron chi connectivity index (χ1n) is 7.32. The van der Waals surface area contributed by atoms with Gasteiger partial charge >= 0.3 is 18.0 Å². The number of unbranched alkanes of at least 4 members (excludes halogenated alkanes) is 1. The zero-order valence-corrected chi connectivity index (χ0v) is 12.7. The molecule has 7 heteroatoms. The molecule has 122 valence electrons. The Morgan fingerprint density at radius 1 is 1.00 bits per heavy atom. The van der Waals surface area contributed by atoms with Crippen LogP contribution in [0.3, 0.4) is 0 Å². The van der Waals surface area contributed by atoms with E-state index in [0.29, 0.717) is 12.5 Å². The Morgan fingerprint density at radius 2 is 1.67 bits per heavy atom. The second-order valence-electron chi connectivity index (χ2n) is 5.47. The molecule has 0 aliphatic rings. The third-order valence-electron chi connectivity index (χ3n) is 2.98. The monoisotopic (exact) mass is 302 g/mol. The van der Waals surface area contributed by atoms with Crippen LogP contribution in [0.2, 0.25) is 0 Å². The molecular formula is C14H26N2O5. The summed E-state index contributed by atoms with van der Waals surface area (Å²) < 4.78 is 0. The SMILES string of the molecule is CC(C)CCCCNC(=O)N[C@H](CCCC(=O)O)C(=O)O. The average Bonchev–Trinajstić information content (AvgIpc) is 2.36. The smallest absolute Gasteiger partial charge is 0.326 e. The Balaban J connectivity index is 3.89. The van der Waals surface area contributed by atoms with Crippen molar-refractivity contribution in [2.75, 3.05) is 6.54 Å². The lowest BCUT2D eigenvalue weighted by Gasteiger charge is -2.14. The average molecular weight is 302 g/mol. The number of rotatable bonds is 11. The predicted octanol–water partition coefficient (Wildman–Crippen LogP) is 1.82. The molecule has 1 atom stereocenters. The molecule has 0 saturated carbocycles. The van der Waals surface area contributed by atoms with Crippen molar-refractivity contribution in [3.05, 3.63) is 0 Å². The molecule has 0 unspecified atom stereocenters. The van der Waals surface area contributed by atoms with Gasteiger partial charge in [-0.2, -0.15) is 0 Å². The number of carboxylic acids is 2. The molecule has 0 rings (SSSR count). The maximum Gasteiger partial charge on any atom is 0.326 e. The second kappa shape index (κ2) is 10.9. The number of carboxylic acid groups (broad SMARTS) is 2. The summed E-state index contributed by atoms with van der Waals surface area (Å²) in [6.07, 6.45) is 3.16. The van der Waals surface area contributed by atoms with Gasteiger partial charge in [-0.25, -0.2) is 9.59 Å². The standard InChI is InChI=1S/C14H26N2O5/c1-10(2)6-3-4-9-15-14(21)16-11(13(19)20)7-5-8-12(17)18/h10-11H,3-9H2,1-2H3,(H,17,18)(H,19,20)(H2,15,16,21)/t11-/m1/s1. The Kier molecular flexibility index (Phi) is 10.0. The minimum atomic E-state index is -1.16. The lowest BCUT2D eigenvalue weighted by molar-refractivity contribution is -0.140. The summed E-state index contributed by atoms with van der Waals surface area (Å²) in [5.41, 5.74) is 0. The van der Waals surface area contributed by atoms with Crippen molar-refractivity contribution >= 4 is 18.0 Å². The van der Waals surface area contributed by atoms with Crippen molar-refractivity contribution in [1.82, 2.24) is 10.6 Å². The van der Waals surface area contributed by atoms with Crippen molar-refractivity contribution in [3.63, 3.8) is 0 Å². The molecule has 0 saturated heterocycles. The molecule has 0 heterocycles. The predicted molar refractivity (Wildman–Crippen MR) is 78.1 cm³/mol. The molecule has 0 aliphatic carbocycles. The van der Waals surface area contributed by atoms with Crippen LogP contribution in [-0.4, -0.2) is 40.8 Å². The van der Waals surface area contributed by atoms with Crippen LogP contribution in [0, 0.1) is 5.92 Å². The molecule has 0 spiro atoms. The van der Waals surface area contributed by atoms with E-state index in [4.69, 9.17) is 10.2 Å². The zero-order chi connectivity index (χ0) is 16.3. The van der Waals surface area contributed by atoms with E-state index in [1.807, 2.05) is 0 Å². The summed E-state index contributed by atoms with van der Waals surface area (Å²) in [5.74, 6) is -1.51. The normalized spacial score (nSPS) is 12.0. The highest BCUT2D eigenvalue weighted by atomic mass is 16.4. The molecule has 21 heavy (non-hydrogen) atoms. The molecule has 4 N–H and O–H groups in total. The van der Waals surface area contributed by atoms with Crippen molar-refractivity contribution in [2.24, 2.45) is 5.92 Å². The summed E-state index contributed by atoms with van der Waals surface area (Å²) in [6, 6.07) is -1.58. The lowest BCUT2D eigenvalue weighted by atomic mass is 10.1. The van der Waals surface area contributed by atoms with Gasteiger partial charge in [0.25, 0.3) is 0 Å². The Labute approximate surface area is 125 Å². The molecule has 7 nitrogen and oxygen atoms in total. The van der Waals surface area contributed by atoms with Gasteiger partial charge < -0.3 is 20.8 Å². The van der Waals surface area contributed by atoms with Crippen LogP contribution >= 0.6 is 0 Å². The van der Waals surface area contributed by atoms with Gasteiger partial charge in [-0.05, 0) is 25.2 Å². The summed E-state index contributed by atoms with van der Waals surface area (Å²) in [5, 5.41) is 22.4. The van der Waals surface area contributed by atoms with Gasteiger partial charge in [0.1, 0.15) is 6.04 Å². The molecule has 2 amide bonds. The van der Waals surface area contributed by atoms with Crippen molar-refractivity contribution in [1.29, 1.82) is 0 Å². The molecule has 0 aromatic heterocycles. The van der Waals surface area contributed by atoms with Crippen LogP contribution in [0.25, 0.3) is 0 Å². The van der Waals surface area contributed by atoms with E-state index in [-0.39, 0.29) is 19.3 Å². The Morgan fingerprint density at radius 3 is 2.19 bits per heavy atom. The van der Waals surface area contributed by atoms with Crippen LogP contribution in [0.5, 0.6) is 0 Å². The molecule has 0 radical (unpaired) electrons. The highest BCUT2D eigenvalue weighted by Gasteiger charge is 2.19. The highest BCUT2D eigenvalue weighted by molar-refractivity contribution is 5.82. The molecule has 0 aromatic rings. The number of hydrogen-bond acceptors (Lipinski definition) is 3. The first-order chi connectivity index (χ1) is 9.82. The molecule has 0 bridgehead atoms. The maximum atomic E-state index is 11.6. The first kappa shape index (κ1) is 19.2. The number of aliphatic carboxylic acids is 2. The second-order valence-corrected chi connectivity index (χ2v) is 5.47. The van der Waals surface area contributed by atoms with Crippen LogP contribution in [-0.2, 0) is 9.59 Å². The van der Waals surface area contributed by atoms with Crippen LogP contribution in [0.1, 0.15) is 52.4 Å². The topological polar surface area (TPSA) is 116 Å². The minimum Gasteiger partial charge on any atom is -0.481 e. The fourth-order valence-electron chi connectivity index (χ4n) is 1.80. The Hall–Kier alpha value is -1.79. The van der Waals surface area contributed by atoms with E-state index in [2.05, 4.69) is 24.5 Å². The van der Waals surface area contributed by atoms with Gasteiger partial charge in [-0.3, -0.25) is 4.79 Å². The first-order valence-corrected chi connectivity index (χ1v) is 7.32. The van der Waals surface area contributed by atoms with E-state index in [1.165, 1.54) is 0 Å². The molecule has 0 aromatic carbocycles. The van der Waals surface area contributed by atoms with E-state index in [0.717, 1.165) is 19.3 Å². The summed E-state index contributed by atoms with van der Waals surface area (Å²) >= 11 is 0. The van der Waals surface area contributed by atoms with Gasteiger partial charge in [0.15, 0.2) is 0 Å². The third kappa shape index (κ3) is 11.7. The molecule has 0 aliphatic heterocycles. The Bertz CT molecular complexity index is 344. The summed E-state index contributed by atoms with van der Waals surface area (Å²) in [7, 11) is 0. The van der Waals surface area contributed by atoms with Crippen LogP contribution in [0.15, 0.2) is 0 Å². The van der Waals surface area contributed by atoms with E-state index in [9.17, 15) is 14.4 Å². The number of carbonyl (C=O) groups excluding carboxylic acids is 1. The number of amides is 2. The van der Waals surface area contributed by atoms with Gasteiger partial charge in [-0.15, -0.1) is 0 Å².